The Labute approximate surface area is 128 Å². The molecule has 0 saturated carbocycles. The number of carbonyl (C=O) groups is 1. The fourth-order valence-corrected chi connectivity index (χ4v) is 2.05. The highest BCUT2D eigenvalue weighted by molar-refractivity contribution is 6.06. The van der Waals surface area contributed by atoms with Gasteiger partial charge in [-0.25, -0.2) is 0 Å². The molecule has 0 heterocycles. The van der Waals surface area contributed by atoms with E-state index < -0.39 is 0 Å². The van der Waals surface area contributed by atoms with Crippen LogP contribution >= 0.6 is 0 Å². The van der Waals surface area contributed by atoms with Crippen LogP contribution in [0.15, 0.2) is 72.6 Å². The molecule has 0 aliphatic heterocycles. The van der Waals surface area contributed by atoms with E-state index >= 15 is 0 Å². The van der Waals surface area contributed by atoms with E-state index in [0.29, 0.717) is 5.56 Å². The SMILES string of the molecule is N#[N+]/C=C(/O)CCN(C(=O)c1ccccc1)c1ccccc1. The highest BCUT2D eigenvalue weighted by atomic mass is 16.3. The second kappa shape index (κ2) is 7.60. The Balaban J connectivity index is 2.25. The maximum atomic E-state index is 12.7. The fraction of sp³-hybridized carbons (Fsp3) is 0.118. The summed E-state index contributed by atoms with van der Waals surface area (Å²) in [5.74, 6) is -0.246. The van der Waals surface area contributed by atoms with Gasteiger partial charge in [-0.15, -0.1) is 0 Å². The molecule has 0 saturated heterocycles. The number of anilines is 1. The number of diazo groups is 1. The molecule has 0 aliphatic carbocycles. The van der Waals surface area contributed by atoms with Crippen LogP contribution < -0.4 is 4.90 Å². The van der Waals surface area contributed by atoms with E-state index in [1.165, 1.54) is 0 Å². The van der Waals surface area contributed by atoms with E-state index in [-0.39, 0.29) is 24.6 Å². The van der Waals surface area contributed by atoms with E-state index in [1.807, 2.05) is 36.4 Å². The number of rotatable bonds is 5. The van der Waals surface area contributed by atoms with Crippen molar-refractivity contribution in [1.29, 1.82) is 5.39 Å². The minimum absolute atomic E-state index is 0.0932. The molecule has 5 nitrogen and oxygen atoms in total. The Hall–Kier alpha value is -3.13. The molecule has 0 spiro atoms. The van der Waals surface area contributed by atoms with Crippen LogP contribution in [0.1, 0.15) is 16.8 Å². The summed E-state index contributed by atoms with van der Waals surface area (Å²) < 4.78 is 0. The molecule has 0 bridgehead atoms. The summed E-state index contributed by atoms with van der Waals surface area (Å²) in [4.78, 5) is 17.0. The van der Waals surface area contributed by atoms with Gasteiger partial charge in [-0.2, -0.15) is 0 Å². The first-order valence-electron chi connectivity index (χ1n) is 6.86. The highest BCUT2D eigenvalue weighted by Crippen LogP contribution is 2.18. The average Bonchev–Trinajstić information content (AvgIpc) is 2.57. The average molecular weight is 294 g/mol. The number of amides is 1. The van der Waals surface area contributed by atoms with Gasteiger partial charge in [-0.1, -0.05) is 36.4 Å². The predicted octanol–water partition coefficient (Wildman–Crippen LogP) is 3.98. The summed E-state index contributed by atoms with van der Waals surface area (Å²) in [6.07, 6.45) is 1.15. The van der Waals surface area contributed by atoms with Crippen molar-refractivity contribution in [1.82, 2.24) is 0 Å². The van der Waals surface area contributed by atoms with E-state index in [1.54, 1.807) is 29.2 Å². The molecule has 22 heavy (non-hydrogen) atoms. The number of nitrogens with zero attached hydrogens (tertiary/aromatic N) is 3. The predicted molar refractivity (Wildman–Crippen MR) is 85.0 cm³/mol. The number of hydrogen-bond acceptors (Lipinski definition) is 3. The van der Waals surface area contributed by atoms with E-state index in [4.69, 9.17) is 5.39 Å². The molecular formula is C17H16N3O2+. The third-order valence-corrected chi connectivity index (χ3v) is 3.13. The smallest absolute Gasteiger partial charge is 0.387 e. The monoisotopic (exact) mass is 294 g/mol. The van der Waals surface area contributed by atoms with Gasteiger partial charge in [0, 0.05) is 24.2 Å². The van der Waals surface area contributed by atoms with Crippen LogP contribution in [0.5, 0.6) is 0 Å². The van der Waals surface area contributed by atoms with Crippen LogP contribution in [0.3, 0.4) is 0 Å². The number of carbonyl (C=O) groups excluding carboxylic acids is 1. The second-order valence-electron chi connectivity index (χ2n) is 4.64. The Bertz CT molecular complexity index is 691. The Morgan fingerprint density at radius 3 is 2.27 bits per heavy atom. The van der Waals surface area contributed by atoms with Crippen LogP contribution in [0.25, 0.3) is 4.98 Å². The number of aliphatic hydroxyl groups excluding tert-OH is 1. The first-order chi connectivity index (χ1) is 10.7. The van der Waals surface area contributed by atoms with Crippen molar-refractivity contribution in [3.8, 4) is 0 Å². The standard InChI is InChI=1S/C17H15N3O2/c18-19-13-16(21)11-12-20(15-9-5-2-6-10-15)17(22)14-7-3-1-4-8-14/h1-10,13H,11-12H2/p+1/b16-13+. The fourth-order valence-electron chi connectivity index (χ4n) is 2.05. The minimum Gasteiger partial charge on any atom is -0.505 e. The third kappa shape index (κ3) is 3.93. The molecule has 2 rings (SSSR count). The van der Waals surface area contributed by atoms with Gasteiger partial charge in [0.2, 0.25) is 5.39 Å². The third-order valence-electron chi connectivity index (χ3n) is 3.13. The zero-order valence-electron chi connectivity index (χ0n) is 12.0. The number of hydrogen-bond donors (Lipinski definition) is 1. The quantitative estimate of drug-likeness (QED) is 0.670. The normalized spacial score (nSPS) is 10.8. The number of benzene rings is 2. The van der Waals surface area contributed by atoms with Crippen molar-refractivity contribution in [2.75, 3.05) is 11.4 Å². The lowest BCUT2D eigenvalue weighted by atomic mass is 10.1. The molecule has 110 valence electrons. The van der Waals surface area contributed by atoms with Gasteiger partial charge in [0.25, 0.3) is 5.91 Å². The Morgan fingerprint density at radius 2 is 1.68 bits per heavy atom. The molecule has 5 heteroatoms. The summed E-state index contributed by atoms with van der Waals surface area (Å²) >= 11 is 0. The summed E-state index contributed by atoms with van der Waals surface area (Å²) in [5.41, 5.74) is 1.31. The van der Waals surface area contributed by atoms with Crippen LogP contribution in [-0.4, -0.2) is 17.6 Å². The van der Waals surface area contributed by atoms with Gasteiger partial charge in [0.1, 0.15) is 0 Å². The molecule has 0 unspecified atom stereocenters. The summed E-state index contributed by atoms with van der Waals surface area (Å²) in [6.45, 7) is 0.273. The van der Waals surface area contributed by atoms with Crippen LogP contribution in [0.2, 0.25) is 0 Å². The van der Waals surface area contributed by atoms with Crippen molar-refractivity contribution in [2.45, 2.75) is 6.42 Å². The maximum absolute atomic E-state index is 12.7. The molecule has 1 amide bonds. The molecule has 0 aliphatic rings. The van der Waals surface area contributed by atoms with Crippen molar-refractivity contribution in [3.05, 3.63) is 83.2 Å². The zero-order chi connectivity index (χ0) is 15.8. The summed E-state index contributed by atoms with van der Waals surface area (Å²) in [7, 11) is 0. The lowest BCUT2D eigenvalue weighted by Gasteiger charge is -2.22. The minimum atomic E-state index is -0.152. The second-order valence-corrected chi connectivity index (χ2v) is 4.64. The lowest BCUT2D eigenvalue weighted by molar-refractivity contribution is 0.0986. The van der Waals surface area contributed by atoms with E-state index in [0.717, 1.165) is 11.9 Å². The van der Waals surface area contributed by atoms with Gasteiger partial charge >= 0.3 is 6.20 Å². The molecule has 0 radical (unpaired) electrons. The van der Waals surface area contributed by atoms with Crippen molar-refractivity contribution >= 4 is 11.6 Å². The van der Waals surface area contributed by atoms with Crippen molar-refractivity contribution < 1.29 is 9.90 Å². The highest BCUT2D eigenvalue weighted by Gasteiger charge is 2.18. The van der Waals surface area contributed by atoms with Gasteiger partial charge in [-0.3, -0.25) is 4.79 Å². The molecule has 1 N–H and O–H groups in total. The molecule has 2 aromatic carbocycles. The van der Waals surface area contributed by atoms with Crippen LogP contribution in [0, 0.1) is 5.39 Å². The van der Waals surface area contributed by atoms with Gasteiger partial charge in [0.15, 0.2) is 10.7 Å². The zero-order valence-corrected chi connectivity index (χ0v) is 12.0. The van der Waals surface area contributed by atoms with Gasteiger partial charge < -0.3 is 10.0 Å². The maximum Gasteiger partial charge on any atom is 0.387 e. The largest absolute Gasteiger partial charge is 0.505 e. The van der Waals surface area contributed by atoms with Gasteiger partial charge in [-0.05, 0) is 24.3 Å². The van der Waals surface area contributed by atoms with Crippen molar-refractivity contribution in [2.24, 2.45) is 0 Å². The van der Waals surface area contributed by atoms with E-state index in [9.17, 15) is 9.90 Å². The Kier molecular flexibility index (Phi) is 5.27. The van der Waals surface area contributed by atoms with Crippen LogP contribution in [0.4, 0.5) is 5.69 Å². The van der Waals surface area contributed by atoms with Crippen LogP contribution in [-0.2, 0) is 0 Å². The first kappa shape index (κ1) is 15.3. The first-order valence-corrected chi connectivity index (χ1v) is 6.86. The molecular weight excluding hydrogens is 278 g/mol. The molecule has 2 aromatic rings. The Morgan fingerprint density at radius 1 is 1.09 bits per heavy atom. The number of para-hydroxylation sites is 1. The summed E-state index contributed by atoms with van der Waals surface area (Å²) in [5, 5.41) is 18.0. The molecule has 0 atom stereocenters. The van der Waals surface area contributed by atoms with Gasteiger partial charge in [0.05, 0.1) is 0 Å². The molecule has 0 aromatic heterocycles. The van der Waals surface area contributed by atoms with E-state index in [2.05, 4.69) is 4.98 Å². The summed E-state index contributed by atoms with van der Waals surface area (Å²) in [6, 6.07) is 18.2. The molecule has 0 fully saturated rings. The van der Waals surface area contributed by atoms with Crippen molar-refractivity contribution in [3.63, 3.8) is 0 Å². The lowest BCUT2D eigenvalue weighted by Crippen LogP contribution is -2.32. The number of aliphatic hydroxyl groups is 1. The topological polar surface area (TPSA) is 68.7 Å².